The van der Waals surface area contributed by atoms with E-state index in [1.165, 1.54) is 6.66 Å². The Morgan fingerprint density at radius 1 is 1.50 bits per heavy atom. The highest BCUT2D eigenvalue weighted by molar-refractivity contribution is 7.58. The van der Waals surface area contributed by atoms with Crippen molar-refractivity contribution in [2.24, 2.45) is 0 Å². The highest BCUT2D eigenvalue weighted by Crippen LogP contribution is 2.46. The van der Waals surface area contributed by atoms with Gasteiger partial charge in [0.2, 0.25) is 0 Å². The van der Waals surface area contributed by atoms with E-state index in [9.17, 15) is 0 Å². The third-order valence-corrected chi connectivity index (χ3v) is 1.21. The van der Waals surface area contributed by atoms with Crippen LogP contribution < -0.4 is 0 Å². The second kappa shape index (κ2) is 3.36. The third kappa shape index (κ3) is 6.31. The second-order valence-electron chi connectivity index (χ2n) is 1.67. The normalized spacial score (nSPS) is 12.0. The molecule has 0 aliphatic rings. The average Bonchev–Trinajstić information content (AvgIpc) is 1.59. The molecule has 0 aliphatic carbocycles. The summed E-state index contributed by atoms with van der Waals surface area (Å²) in [5.41, 5.74) is 0. The van der Waals surface area contributed by atoms with Gasteiger partial charge in [-0.1, -0.05) is 6.92 Å². The van der Waals surface area contributed by atoms with Crippen LogP contribution in [0.25, 0.3) is 0 Å². The Morgan fingerprint density at radius 2 is 2.00 bits per heavy atom. The van der Waals surface area contributed by atoms with E-state index in [2.05, 4.69) is 4.52 Å². The molecule has 2 N–H and O–H groups in total. The molecule has 0 aliphatic heterocycles. The maximum absolute atomic E-state index is 8.59. The largest absolute Gasteiger partial charge is 0.403 e. The van der Waals surface area contributed by atoms with E-state index >= 15 is 0 Å². The van der Waals surface area contributed by atoms with Crippen LogP contribution in [-0.2, 0) is 4.52 Å². The van der Waals surface area contributed by atoms with Gasteiger partial charge in [0.25, 0.3) is 0 Å². The molecule has 0 aromatic heterocycles. The van der Waals surface area contributed by atoms with Gasteiger partial charge in [-0.25, -0.2) is 0 Å². The molecule has 0 spiro atoms. The number of hydrogen-bond acceptors (Lipinski definition) is 3. The zero-order valence-electron chi connectivity index (χ0n) is 5.16. The maximum atomic E-state index is 8.59. The Labute approximate surface area is 49.9 Å². The first-order valence-electron chi connectivity index (χ1n) is 2.53. The van der Waals surface area contributed by atoms with Gasteiger partial charge in [0, 0.05) is 0 Å². The van der Waals surface area contributed by atoms with Crippen LogP contribution in [0.1, 0.15) is 13.3 Å². The Hall–Kier alpha value is 0.310. The third-order valence-electron chi connectivity index (χ3n) is 0.540. The molecule has 8 heavy (non-hydrogen) atoms. The van der Waals surface area contributed by atoms with Crippen molar-refractivity contribution in [2.45, 2.75) is 13.3 Å². The van der Waals surface area contributed by atoms with Crippen molar-refractivity contribution in [3.63, 3.8) is 0 Å². The van der Waals surface area contributed by atoms with Gasteiger partial charge in [-0.05, 0) is 6.42 Å². The monoisotopic (exact) mass is 139 g/mol. The molecular formula is C4H12O3P+. The van der Waals surface area contributed by atoms with E-state index in [1.807, 2.05) is 6.92 Å². The summed E-state index contributed by atoms with van der Waals surface area (Å²) in [6, 6.07) is 0. The summed E-state index contributed by atoms with van der Waals surface area (Å²) >= 11 is 0. The van der Waals surface area contributed by atoms with Gasteiger partial charge in [-0.2, -0.15) is 14.3 Å². The summed E-state index contributed by atoms with van der Waals surface area (Å²) in [7, 11) is -2.93. The highest BCUT2D eigenvalue weighted by Gasteiger charge is 2.25. The fourth-order valence-electron chi connectivity index (χ4n) is 0.264. The molecule has 0 amide bonds. The number of rotatable bonds is 3. The molecule has 0 bridgehead atoms. The minimum atomic E-state index is -2.93. The zero-order chi connectivity index (χ0) is 6.62. The minimum Gasteiger partial charge on any atom is -0.193 e. The van der Waals surface area contributed by atoms with Crippen LogP contribution in [0.4, 0.5) is 0 Å². The fourth-order valence-corrected chi connectivity index (χ4v) is 0.793. The van der Waals surface area contributed by atoms with Crippen molar-refractivity contribution in [3.05, 3.63) is 0 Å². The lowest BCUT2D eigenvalue weighted by molar-refractivity contribution is 0.235. The summed E-state index contributed by atoms with van der Waals surface area (Å²) in [5.74, 6) is 0. The molecule has 0 fully saturated rings. The van der Waals surface area contributed by atoms with Crippen LogP contribution in [0, 0.1) is 0 Å². The topological polar surface area (TPSA) is 49.7 Å². The van der Waals surface area contributed by atoms with Crippen molar-refractivity contribution in [1.82, 2.24) is 0 Å². The maximum Gasteiger partial charge on any atom is 0.403 e. The van der Waals surface area contributed by atoms with Crippen LogP contribution in [0.5, 0.6) is 0 Å². The molecule has 0 aromatic carbocycles. The molecule has 0 aromatic rings. The fraction of sp³-hybridized carbons (Fsp3) is 1.00. The highest BCUT2D eigenvalue weighted by atomic mass is 31.2. The second-order valence-corrected chi connectivity index (χ2v) is 3.60. The summed E-state index contributed by atoms with van der Waals surface area (Å²) in [6.07, 6.45) is 0.816. The number of hydrogen-bond donors (Lipinski definition) is 2. The first-order valence-corrected chi connectivity index (χ1v) is 4.59. The van der Waals surface area contributed by atoms with Gasteiger partial charge in [0.15, 0.2) is 0 Å². The molecule has 0 radical (unpaired) electrons. The lowest BCUT2D eigenvalue weighted by atomic mass is 10.5. The van der Waals surface area contributed by atoms with Gasteiger partial charge in [-0.15, -0.1) is 0 Å². The van der Waals surface area contributed by atoms with Crippen molar-refractivity contribution in [2.75, 3.05) is 13.3 Å². The van der Waals surface area contributed by atoms with E-state index in [1.54, 1.807) is 0 Å². The lowest BCUT2D eigenvalue weighted by Crippen LogP contribution is -1.94. The predicted octanol–water partition coefficient (Wildman–Crippen LogP) is 0.790. The molecule has 4 heteroatoms. The van der Waals surface area contributed by atoms with E-state index in [4.69, 9.17) is 9.79 Å². The summed E-state index contributed by atoms with van der Waals surface area (Å²) in [4.78, 5) is 17.2. The quantitative estimate of drug-likeness (QED) is 0.568. The smallest absolute Gasteiger partial charge is 0.193 e. The Balaban J connectivity index is 3.11. The van der Waals surface area contributed by atoms with Crippen molar-refractivity contribution < 1.29 is 14.3 Å². The summed E-state index contributed by atoms with van der Waals surface area (Å²) < 4.78 is 4.60. The minimum absolute atomic E-state index is 0.428. The first kappa shape index (κ1) is 8.31. The predicted molar refractivity (Wildman–Crippen MR) is 33.5 cm³/mol. The molecule has 3 nitrogen and oxygen atoms in total. The zero-order valence-corrected chi connectivity index (χ0v) is 6.06. The molecule has 0 rings (SSSR count). The van der Waals surface area contributed by atoms with Crippen LogP contribution in [-0.4, -0.2) is 23.1 Å². The Kier molecular flexibility index (Phi) is 3.49. The molecule has 0 saturated heterocycles. The Morgan fingerprint density at radius 3 is 2.12 bits per heavy atom. The van der Waals surface area contributed by atoms with Gasteiger partial charge < -0.3 is 0 Å². The Bertz CT molecular complexity index is 58.8. The van der Waals surface area contributed by atoms with Crippen molar-refractivity contribution in [1.29, 1.82) is 0 Å². The van der Waals surface area contributed by atoms with Crippen LogP contribution in [0.2, 0.25) is 0 Å². The van der Waals surface area contributed by atoms with E-state index in [0.717, 1.165) is 6.42 Å². The van der Waals surface area contributed by atoms with E-state index in [0.29, 0.717) is 6.61 Å². The van der Waals surface area contributed by atoms with E-state index in [-0.39, 0.29) is 0 Å². The molecule has 0 atom stereocenters. The van der Waals surface area contributed by atoms with E-state index < -0.39 is 7.94 Å². The van der Waals surface area contributed by atoms with Gasteiger partial charge in [0.1, 0.15) is 6.66 Å². The van der Waals surface area contributed by atoms with Gasteiger partial charge in [-0.3, -0.25) is 0 Å². The van der Waals surface area contributed by atoms with Crippen LogP contribution >= 0.6 is 7.94 Å². The SMILES string of the molecule is CCCO[P+](C)(O)O. The lowest BCUT2D eigenvalue weighted by Gasteiger charge is -2.02. The van der Waals surface area contributed by atoms with Gasteiger partial charge in [0.05, 0.1) is 6.61 Å². The van der Waals surface area contributed by atoms with Gasteiger partial charge >= 0.3 is 7.94 Å². The molecule has 0 saturated carbocycles. The van der Waals surface area contributed by atoms with Crippen molar-refractivity contribution >= 4 is 7.94 Å². The van der Waals surface area contributed by atoms with Crippen LogP contribution in [0.15, 0.2) is 0 Å². The molecule has 0 unspecified atom stereocenters. The average molecular weight is 139 g/mol. The van der Waals surface area contributed by atoms with Crippen LogP contribution in [0.3, 0.4) is 0 Å². The molecular weight excluding hydrogens is 127 g/mol. The summed E-state index contributed by atoms with van der Waals surface area (Å²) in [5, 5.41) is 0. The molecule has 0 heterocycles. The molecule has 50 valence electrons. The summed E-state index contributed by atoms with van der Waals surface area (Å²) in [6.45, 7) is 3.63. The van der Waals surface area contributed by atoms with Crippen molar-refractivity contribution in [3.8, 4) is 0 Å². The standard InChI is InChI=1S/C4H12O3P/c1-3-4-7-8(2,5)6/h5-6H,3-4H2,1-2H3/q+1. The first-order chi connectivity index (χ1) is 3.56.